The van der Waals surface area contributed by atoms with Crippen LogP contribution in [0.4, 0.5) is 10.2 Å². The van der Waals surface area contributed by atoms with Gasteiger partial charge in [-0.2, -0.15) is 4.98 Å². The molecule has 1 fully saturated rings. The first-order valence-electron chi connectivity index (χ1n) is 10.8. The quantitative estimate of drug-likeness (QED) is 0.364. The van der Waals surface area contributed by atoms with Gasteiger partial charge in [-0.25, -0.2) is 4.39 Å². The Morgan fingerprint density at radius 1 is 1.18 bits per heavy atom. The monoisotopic (exact) mass is 486 g/mol. The summed E-state index contributed by atoms with van der Waals surface area (Å²) in [5.41, 5.74) is 7.19. The fraction of sp³-hybridized carbons (Fsp3) is 0.375. The first-order chi connectivity index (χ1) is 16.1. The Morgan fingerprint density at radius 2 is 1.79 bits per heavy atom. The van der Waals surface area contributed by atoms with Crippen LogP contribution in [0.1, 0.15) is 34.3 Å². The topological polar surface area (TPSA) is 106 Å². The van der Waals surface area contributed by atoms with Crippen molar-refractivity contribution < 1.29 is 23.5 Å². The number of benzene rings is 1. The fourth-order valence-corrected chi connectivity index (χ4v) is 4.14. The average Bonchev–Trinajstić information content (AvgIpc) is 2.83. The molecule has 2 N–H and O–H groups in total. The van der Waals surface area contributed by atoms with Gasteiger partial charge in [0.2, 0.25) is 5.88 Å². The lowest BCUT2D eigenvalue weighted by molar-refractivity contribution is -0.139. The van der Waals surface area contributed by atoms with Gasteiger partial charge in [0.25, 0.3) is 17.6 Å². The molecule has 1 saturated heterocycles. The average molecular weight is 487 g/mol. The zero-order valence-electron chi connectivity index (χ0n) is 19.3. The Hall–Kier alpha value is -3.40. The van der Waals surface area contributed by atoms with Gasteiger partial charge in [0.1, 0.15) is 22.1 Å². The number of pyridine rings is 1. The molecule has 0 aliphatic carbocycles. The number of carbonyl (C=O) groups is 3. The summed E-state index contributed by atoms with van der Waals surface area (Å²) in [6.07, 6.45) is 2.39. The summed E-state index contributed by atoms with van der Waals surface area (Å²) >= 11 is 5.19. The number of thiocarbonyl (C=S) groups is 1. The normalized spacial score (nSPS) is 13.9. The highest BCUT2D eigenvalue weighted by molar-refractivity contribution is 7.83. The van der Waals surface area contributed by atoms with Crippen molar-refractivity contribution in [2.75, 3.05) is 40.0 Å². The van der Waals surface area contributed by atoms with Crippen LogP contribution in [0.5, 0.6) is 5.88 Å². The maximum absolute atomic E-state index is 13.3. The molecule has 0 bridgehead atoms. The summed E-state index contributed by atoms with van der Waals surface area (Å²) in [5, 5.41) is 0. The number of methoxy groups -OCH3 is 1. The van der Waals surface area contributed by atoms with E-state index < -0.39 is 11.7 Å². The number of hydrogen-bond acceptors (Lipinski definition) is 7. The number of carbonyl (C=O) groups excluding carboxylic acids is 3. The van der Waals surface area contributed by atoms with E-state index in [2.05, 4.69) is 4.98 Å². The van der Waals surface area contributed by atoms with E-state index in [1.807, 2.05) is 0 Å². The smallest absolute Gasteiger partial charge is 0.295 e. The Morgan fingerprint density at radius 3 is 2.35 bits per heavy atom. The zero-order chi connectivity index (χ0) is 25.0. The van der Waals surface area contributed by atoms with Crippen molar-refractivity contribution in [2.24, 2.45) is 5.92 Å². The van der Waals surface area contributed by atoms with Crippen LogP contribution >= 0.6 is 12.2 Å². The highest BCUT2D eigenvalue weighted by atomic mass is 32.1. The van der Waals surface area contributed by atoms with Crippen LogP contribution in [0.3, 0.4) is 0 Å². The first kappa shape index (κ1) is 25.2. The minimum Gasteiger partial charge on any atom is -0.480 e. The lowest BCUT2D eigenvalue weighted by Crippen LogP contribution is -2.39. The predicted molar refractivity (Wildman–Crippen MR) is 129 cm³/mol. The van der Waals surface area contributed by atoms with Gasteiger partial charge < -0.3 is 20.3 Å². The third-order valence-electron chi connectivity index (χ3n) is 5.83. The summed E-state index contributed by atoms with van der Waals surface area (Å²) in [6.45, 7) is 1.05. The third kappa shape index (κ3) is 5.56. The number of ketones is 1. The Labute approximate surface area is 202 Å². The Bertz CT molecular complexity index is 1110. The van der Waals surface area contributed by atoms with Crippen LogP contribution in [0, 0.1) is 11.7 Å². The van der Waals surface area contributed by atoms with Crippen molar-refractivity contribution in [2.45, 2.75) is 19.3 Å². The predicted octanol–water partition coefficient (Wildman–Crippen LogP) is 2.28. The van der Waals surface area contributed by atoms with Gasteiger partial charge in [-0.1, -0.05) is 24.4 Å². The van der Waals surface area contributed by atoms with E-state index in [1.165, 1.54) is 39.4 Å². The van der Waals surface area contributed by atoms with Gasteiger partial charge in [-0.15, -0.1) is 0 Å². The van der Waals surface area contributed by atoms with Gasteiger partial charge in [-0.3, -0.25) is 14.4 Å². The minimum atomic E-state index is -0.904. The Kier molecular flexibility index (Phi) is 7.93. The number of nitrogen functional groups attached to an aromatic ring is 1. The molecule has 8 nitrogen and oxygen atoms in total. The number of ether oxygens (including phenoxy) is 1. The lowest BCUT2D eigenvalue weighted by Gasteiger charge is -2.32. The van der Waals surface area contributed by atoms with Gasteiger partial charge in [-0.05, 0) is 48.9 Å². The summed E-state index contributed by atoms with van der Waals surface area (Å²) < 4.78 is 18.4. The number of aromatic nitrogens is 1. The van der Waals surface area contributed by atoms with Crippen molar-refractivity contribution in [1.29, 1.82) is 0 Å². The standard InChI is InChI=1S/C24H27FN4O4S/c1-28(2)24(32)19(30)20(34)17-13-18(22(33-3)27-21(17)26)23(31)29-10-8-15(9-11-29)12-14-4-6-16(25)7-5-14/h4-7,13,15H,8-12H2,1-3H3,(H2,26,27). The number of nitrogens with two attached hydrogens (primary N) is 1. The molecule has 34 heavy (non-hydrogen) atoms. The number of amides is 2. The molecule has 3 rings (SSSR count). The molecule has 0 saturated carbocycles. The highest BCUT2D eigenvalue weighted by Gasteiger charge is 2.30. The molecule has 1 aliphatic rings. The number of likely N-dealkylation sites (N-methyl/N-ethyl adjacent to an activating group) is 1. The van der Waals surface area contributed by atoms with Crippen LogP contribution in [0.25, 0.3) is 0 Å². The molecule has 180 valence electrons. The van der Waals surface area contributed by atoms with E-state index in [1.54, 1.807) is 17.0 Å². The summed E-state index contributed by atoms with van der Waals surface area (Å²) in [4.78, 5) is 44.4. The summed E-state index contributed by atoms with van der Waals surface area (Å²) in [7, 11) is 4.24. The van der Waals surface area contributed by atoms with Crippen LogP contribution in [0.2, 0.25) is 0 Å². The third-order valence-corrected chi connectivity index (χ3v) is 6.24. The molecule has 1 aromatic carbocycles. The highest BCUT2D eigenvalue weighted by Crippen LogP contribution is 2.27. The molecule has 1 aromatic heterocycles. The number of halogens is 1. The SMILES string of the molecule is COc1nc(N)c(C(=S)C(=O)C(=O)N(C)C)cc1C(=O)N1CCC(Cc2ccc(F)cc2)CC1. The van der Waals surface area contributed by atoms with E-state index in [0.29, 0.717) is 19.0 Å². The summed E-state index contributed by atoms with van der Waals surface area (Å²) in [6, 6.07) is 7.84. The second-order valence-electron chi connectivity index (χ2n) is 8.40. The van der Waals surface area contributed by atoms with Crippen molar-refractivity contribution in [3.05, 3.63) is 52.8 Å². The zero-order valence-corrected chi connectivity index (χ0v) is 20.2. The number of hydrogen-bond donors (Lipinski definition) is 1. The van der Waals surface area contributed by atoms with E-state index in [-0.39, 0.29) is 39.4 Å². The number of nitrogens with zero attached hydrogens (tertiary/aromatic N) is 3. The van der Waals surface area contributed by atoms with Crippen LogP contribution in [-0.2, 0) is 16.0 Å². The molecule has 2 amide bonds. The van der Waals surface area contributed by atoms with E-state index in [9.17, 15) is 18.8 Å². The molecule has 2 aromatic rings. The molecule has 0 spiro atoms. The largest absolute Gasteiger partial charge is 0.480 e. The molecule has 0 unspecified atom stereocenters. The van der Waals surface area contributed by atoms with Crippen molar-refractivity contribution in [1.82, 2.24) is 14.8 Å². The molecule has 1 aliphatic heterocycles. The van der Waals surface area contributed by atoms with Gasteiger partial charge >= 0.3 is 0 Å². The Balaban J connectivity index is 1.75. The van der Waals surface area contributed by atoms with Crippen LogP contribution < -0.4 is 10.5 Å². The van der Waals surface area contributed by atoms with Gasteiger partial charge in [0, 0.05) is 32.7 Å². The molecule has 2 heterocycles. The van der Waals surface area contributed by atoms with Crippen molar-refractivity contribution in [3.8, 4) is 5.88 Å². The molecule has 0 atom stereocenters. The molecule has 0 radical (unpaired) electrons. The van der Waals surface area contributed by atoms with Crippen molar-refractivity contribution in [3.63, 3.8) is 0 Å². The van der Waals surface area contributed by atoms with Crippen molar-refractivity contribution >= 4 is 40.5 Å². The number of likely N-dealkylation sites (tertiary alicyclic amines) is 1. The maximum Gasteiger partial charge on any atom is 0.295 e. The molecular weight excluding hydrogens is 459 g/mol. The second kappa shape index (κ2) is 10.7. The second-order valence-corrected chi connectivity index (χ2v) is 8.81. The van der Waals surface area contributed by atoms with Gasteiger partial charge in [0.05, 0.1) is 7.11 Å². The van der Waals surface area contributed by atoms with Crippen LogP contribution in [-0.4, -0.2) is 71.5 Å². The van der Waals surface area contributed by atoms with E-state index in [0.717, 1.165) is 29.7 Å². The molecule has 10 heteroatoms. The van der Waals surface area contributed by atoms with Crippen LogP contribution in [0.15, 0.2) is 30.3 Å². The minimum absolute atomic E-state index is 0.0221. The number of anilines is 1. The van der Waals surface area contributed by atoms with Gasteiger partial charge in [0.15, 0.2) is 0 Å². The fourth-order valence-electron chi connectivity index (χ4n) is 3.89. The maximum atomic E-state index is 13.3. The summed E-state index contributed by atoms with van der Waals surface area (Å²) in [5.74, 6) is -1.99. The lowest BCUT2D eigenvalue weighted by atomic mass is 9.90. The first-order valence-corrected chi connectivity index (χ1v) is 11.2. The molecular formula is C24H27FN4O4S. The van der Waals surface area contributed by atoms with E-state index >= 15 is 0 Å². The number of piperidine rings is 1. The number of rotatable bonds is 7. The van der Waals surface area contributed by atoms with E-state index in [4.69, 9.17) is 22.7 Å². The number of Topliss-reactive ketones (excluding diaryl/α,β-unsaturated/α-hetero) is 1.